The molecule has 1 aromatic carbocycles. The molecule has 1 saturated heterocycles. The van der Waals surface area contributed by atoms with Crippen LogP contribution in [0, 0.1) is 5.92 Å². The molecule has 1 N–H and O–H groups in total. The van der Waals surface area contributed by atoms with Gasteiger partial charge in [-0.25, -0.2) is 9.97 Å². The topological polar surface area (TPSA) is 67.3 Å². The largest absolute Gasteiger partial charge is 0.497 e. The fourth-order valence-corrected chi connectivity index (χ4v) is 3.02. The first kappa shape index (κ1) is 17.2. The number of piperidine rings is 1. The number of carbonyl (C=O) groups is 1. The number of hydrogen-bond donors (Lipinski definition) is 1. The first-order valence-electron chi connectivity index (χ1n) is 8.65. The SMILES string of the molecule is COc1ccc(CNc2nccc(C(=O)N3CCCC(C)C3)n2)cc1. The molecule has 6 nitrogen and oxygen atoms in total. The average molecular weight is 340 g/mol. The number of hydrogen-bond acceptors (Lipinski definition) is 5. The van der Waals surface area contributed by atoms with Crippen molar-refractivity contribution in [3.05, 3.63) is 47.8 Å². The normalized spacial score (nSPS) is 17.2. The summed E-state index contributed by atoms with van der Waals surface area (Å²) < 4.78 is 5.15. The average Bonchev–Trinajstić information content (AvgIpc) is 2.66. The zero-order chi connectivity index (χ0) is 17.6. The second kappa shape index (κ2) is 7.96. The fraction of sp³-hybridized carbons (Fsp3) is 0.421. The van der Waals surface area contributed by atoms with E-state index in [9.17, 15) is 4.79 Å². The summed E-state index contributed by atoms with van der Waals surface area (Å²) in [6, 6.07) is 9.47. The van der Waals surface area contributed by atoms with E-state index >= 15 is 0 Å². The predicted molar refractivity (Wildman–Crippen MR) is 96.7 cm³/mol. The van der Waals surface area contributed by atoms with Crippen LogP contribution in [0.1, 0.15) is 35.8 Å². The lowest BCUT2D eigenvalue weighted by atomic mass is 10.00. The maximum atomic E-state index is 12.6. The number of nitrogens with one attached hydrogen (secondary N) is 1. The number of nitrogens with zero attached hydrogens (tertiary/aromatic N) is 3. The molecule has 2 heterocycles. The molecule has 0 saturated carbocycles. The van der Waals surface area contributed by atoms with Crippen LogP contribution in [0.25, 0.3) is 0 Å². The third kappa shape index (κ3) is 4.47. The van der Waals surface area contributed by atoms with Crippen molar-refractivity contribution in [3.8, 4) is 5.75 Å². The number of amides is 1. The Morgan fingerprint density at radius 1 is 1.32 bits per heavy atom. The zero-order valence-corrected chi connectivity index (χ0v) is 14.7. The van der Waals surface area contributed by atoms with E-state index in [0.717, 1.165) is 30.8 Å². The van der Waals surface area contributed by atoms with Crippen molar-refractivity contribution in [1.29, 1.82) is 0 Å². The van der Waals surface area contributed by atoms with Crippen LogP contribution in [0.4, 0.5) is 5.95 Å². The smallest absolute Gasteiger partial charge is 0.272 e. The summed E-state index contributed by atoms with van der Waals surface area (Å²) in [6.07, 6.45) is 3.87. The van der Waals surface area contributed by atoms with E-state index < -0.39 is 0 Å². The van der Waals surface area contributed by atoms with Gasteiger partial charge in [0.15, 0.2) is 0 Å². The summed E-state index contributed by atoms with van der Waals surface area (Å²) in [7, 11) is 1.65. The highest BCUT2D eigenvalue weighted by Crippen LogP contribution is 2.18. The minimum atomic E-state index is -0.0125. The molecular formula is C19H24N4O2. The number of anilines is 1. The van der Waals surface area contributed by atoms with E-state index in [4.69, 9.17) is 4.74 Å². The third-order valence-electron chi connectivity index (χ3n) is 4.43. The number of methoxy groups -OCH3 is 1. The van der Waals surface area contributed by atoms with Crippen molar-refractivity contribution in [3.63, 3.8) is 0 Å². The predicted octanol–water partition coefficient (Wildman–Crippen LogP) is 2.97. The van der Waals surface area contributed by atoms with Gasteiger partial charge in [-0.05, 0) is 42.5 Å². The Balaban J connectivity index is 1.63. The van der Waals surface area contributed by atoms with E-state index in [0.29, 0.717) is 24.1 Å². The van der Waals surface area contributed by atoms with Crippen LogP contribution < -0.4 is 10.1 Å². The number of benzene rings is 1. The Morgan fingerprint density at radius 3 is 2.84 bits per heavy atom. The van der Waals surface area contributed by atoms with Crippen molar-refractivity contribution in [2.24, 2.45) is 5.92 Å². The highest BCUT2D eigenvalue weighted by molar-refractivity contribution is 5.92. The van der Waals surface area contributed by atoms with Gasteiger partial charge in [-0.2, -0.15) is 0 Å². The number of likely N-dealkylation sites (tertiary alicyclic amines) is 1. The maximum absolute atomic E-state index is 12.6. The molecule has 1 amide bonds. The molecule has 0 spiro atoms. The molecule has 1 fully saturated rings. The van der Waals surface area contributed by atoms with Crippen molar-refractivity contribution in [2.45, 2.75) is 26.3 Å². The summed E-state index contributed by atoms with van der Waals surface area (Å²) in [5, 5.41) is 3.17. The minimum absolute atomic E-state index is 0.0125. The Bertz CT molecular complexity index is 718. The highest BCUT2D eigenvalue weighted by Gasteiger charge is 2.23. The lowest BCUT2D eigenvalue weighted by molar-refractivity contribution is 0.0677. The summed E-state index contributed by atoms with van der Waals surface area (Å²) in [5.74, 6) is 1.82. The molecule has 1 atom stereocenters. The van der Waals surface area contributed by atoms with E-state index in [1.54, 1.807) is 19.4 Å². The Labute approximate surface area is 148 Å². The van der Waals surface area contributed by atoms with Crippen molar-refractivity contribution < 1.29 is 9.53 Å². The van der Waals surface area contributed by atoms with Crippen LogP contribution in [0.5, 0.6) is 5.75 Å². The van der Waals surface area contributed by atoms with Crippen LogP contribution in [-0.4, -0.2) is 41.0 Å². The molecule has 0 aliphatic carbocycles. The number of carbonyl (C=O) groups excluding carboxylic acids is 1. The maximum Gasteiger partial charge on any atom is 0.272 e. The van der Waals surface area contributed by atoms with E-state index in [2.05, 4.69) is 22.2 Å². The van der Waals surface area contributed by atoms with Gasteiger partial charge in [0.2, 0.25) is 5.95 Å². The summed E-state index contributed by atoms with van der Waals surface area (Å²) in [5.41, 5.74) is 1.53. The van der Waals surface area contributed by atoms with Gasteiger partial charge in [-0.15, -0.1) is 0 Å². The standard InChI is InChI=1S/C19H24N4O2/c1-14-4-3-11-23(13-14)18(24)17-9-10-20-19(22-17)21-12-15-5-7-16(25-2)8-6-15/h5-10,14H,3-4,11-13H2,1-2H3,(H,20,21,22). The van der Waals surface area contributed by atoms with Crippen LogP contribution in [0.2, 0.25) is 0 Å². The number of aromatic nitrogens is 2. The molecule has 1 aliphatic rings. The quantitative estimate of drug-likeness (QED) is 0.906. The molecule has 1 aliphatic heterocycles. The van der Waals surface area contributed by atoms with Gasteiger partial charge in [-0.1, -0.05) is 19.1 Å². The lowest BCUT2D eigenvalue weighted by Gasteiger charge is -2.30. The molecule has 0 radical (unpaired) electrons. The lowest BCUT2D eigenvalue weighted by Crippen LogP contribution is -2.39. The Hall–Kier alpha value is -2.63. The zero-order valence-electron chi connectivity index (χ0n) is 14.7. The molecule has 6 heteroatoms. The molecule has 132 valence electrons. The van der Waals surface area contributed by atoms with Gasteiger partial charge in [0.25, 0.3) is 5.91 Å². The van der Waals surface area contributed by atoms with Crippen LogP contribution in [0.15, 0.2) is 36.5 Å². The molecule has 1 aromatic heterocycles. The van der Waals surface area contributed by atoms with Gasteiger partial charge in [-0.3, -0.25) is 4.79 Å². The third-order valence-corrected chi connectivity index (χ3v) is 4.43. The van der Waals surface area contributed by atoms with Gasteiger partial charge in [0.1, 0.15) is 11.4 Å². The molecule has 3 rings (SSSR count). The number of rotatable bonds is 5. The number of ether oxygens (including phenoxy) is 1. The summed E-state index contributed by atoms with van der Waals surface area (Å²) in [6.45, 7) is 4.38. The first-order valence-corrected chi connectivity index (χ1v) is 8.65. The van der Waals surface area contributed by atoms with E-state index in [-0.39, 0.29) is 5.91 Å². The minimum Gasteiger partial charge on any atom is -0.497 e. The molecule has 0 bridgehead atoms. The molecule has 2 aromatic rings. The fourth-order valence-electron chi connectivity index (χ4n) is 3.02. The molecule has 1 unspecified atom stereocenters. The Morgan fingerprint density at radius 2 is 2.12 bits per heavy atom. The van der Waals surface area contributed by atoms with Gasteiger partial charge in [0.05, 0.1) is 7.11 Å². The van der Waals surface area contributed by atoms with Crippen molar-refractivity contribution in [1.82, 2.24) is 14.9 Å². The van der Waals surface area contributed by atoms with E-state index in [1.165, 1.54) is 6.42 Å². The molecular weight excluding hydrogens is 316 g/mol. The van der Waals surface area contributed by atoms with Crippen LogP contribution in [-0.2, 0) is 6.54 Å². The van der Waals surface area contributed by atoms with Crippen LogP contribution >= 0.6 is 0 Å². The van der Waals surface area contributed by atoms with Crippen molar-refractivity contribution >= 4 is 11.9 Å². The Kier molecular flexibility index (Phi) is 5.48. The van der Waals surface area contributed by atoms with Gasteiger partial charge >= 0.3 is 0 Å². The molecule has 25 heavy (non-hydrogen) atoms. The summed E-state index contributed by atoms with van der Waals surface area (Å²) >= 11 is 0. The van der Waals surface area contributed by atoms with Gasteiger partial charge in [0, 0.05) is 25.8 Å². The summed E-state index contributed by atoms with van der Waals surface area (Å²) in [4.78, 5) is 23.1. The highest BCUT2D eigenvalue weighted by atomic mass is 16.5. The van der Waals surface area contributed by atoms with Crippen molar-refractivity contribution in [2.75, 3.05) is 25.5 Å². The first-order chi connectivity index (χ1) is 12.2. The van der Waals surface area contributed by atoms with Gasteiger partial charge < -0.3 is 15.0 Å². The second-order valence-corrected chi connectivity index (χ2v) is 6.47. The monoisotopic (exact) mass is 340 g/mol. The van der Waals surface area contributed by atoms with Crippen LogP contribution in [0.3, 0.4) is 0 Å². The second-order valence-electron chi connectivity index (χ2n) is 6.47. The van der Waals surface area contributed by atoms with E-state index in [1.807, 2.05) is 29.2 Å².